The van der Waals surface area contributed by atoms with Crippen LogP contribution in [-0.2, 0) is 0 Å². The number of nitrogens with two attached hydrogens (primary N) is 1. The van der Waals surface area contributed by atoms with Gasteiger partial charge in [0.2, 0.25) is 0 Å². The van der Waals surface area contributed by atoms with E-state index in [4.69, 9.17) is 5.73 Å². The zero-order valence-corrected chi connectivity index (χ0v) is 7.87. The van der Waals surface area contributed by atoms with Gasteiger partial charge in [0, 0.05) is 38.3 Å². The molecule has 0 aromatic carbocycles. The third-order valence-corrected chi connectivity index (χ3v) is 2.85. The lowest BCUT2D eigenvalue weighted by Crippen LogP contribution is -2.40. The van der Waals surface area contributed by atoms with Crippen molar-refractivity contribution < 1.29 is 0 Å². The van der Waals surface area contributed by atoms with Gasteiger partial charge in [-0.2, -0.15) is 0 Å². The second-order valence-corrected chi connectivity index (χ2v) is 4.25. The van der Waals surface area contributed by atoms with Gasteiger partial charge in [0.05, 0.1) is 0 Å². The van der Waals surface area contributed by atoms with Crippen molar-refractivity contribution in [3.8, 4) is 0 Å². The van der Waals surface area contributed by atoms with E-state index in [1.807, 2.05) is 0 Å². The first-order chi connectivity index (χ1) is 5.75. The van der Waals surface area contributed by atoms with Gasteiger partial charge in [-0.15, -0.1) is 0 Å². The summed E-state index contributed by atoms with van der Waals surface area (Å²) >= 11 is 0. The Morgan fingerprint density at radius 3 is 2.58 bits per heavy atom. The summed E-state index contributed by atoms with van der Waals surface area (Å²) in [4.78, 5) is 4.90. The van der Waals surface area contributed by atoms with Crippen molar-refractivity contribution >= 4 is 0 Å². The number of nitrogens with zero attached hydrogens (tertiary/aromatic N) is 2. The first kappa shape index (κ1) is 8.48. The smallest absolute Gasteiger partial charge is 0.0297 e. The maximum Gasteiger partial charge on any atom is 0.0297 e. The van der Waals surface area contributed by atoms with Crippen LogP contribution in [-0.4, -0.2) is 55.1 Å². The molecule has 0 amide bonds. The lowest BCUT2D eigenvalue weighted by molar-refractivity contribution is 0.263. The molecule has 2 rings (SSSR count). The highest BCUT2D eigenvalue weighted by Crippen LogP contribution is 2.27. The Morgan fingerprint density at radius 2 is 1.92 bits per heavy atom. The van der Waals surface area contributed by atoms with Crippen LogP contribution in [0.2, 0.25) is 0 Å². The summed E-state index contributed by atoms with van der Waals surface area (Å²) in [7, 11) is 2.16. The molecule has 0 radical (unpaired) electrons. The molecule has 12 heavy (non-hydrogen) atoms. The van der Waals surface area contributed by atoms with Gasteiger partial charge in [-0.1, -0.05) is 0 Å². The van der Waals surface area contributed by atoms with Crippen molar-refractivity contribution in [3.05, 3.63) is 0 Å². The Hall–Kier alpha value is -0.120. The van der Waals surface area contributed by atoms with Crippen molar-refractivity contribution in [2.75, 3.05) is 33.2 Å². The molecule has 1 atom stereocenters. The second-order valence-electron chi connectivity index (χ2n) is 4.25. The molecule has 70 valence electrons. The van der Waals surface area contributed by atoms with E-state index in [0.29, 0.717) is 6.04 Å². The number of likely N-dealkylation sites (N-methyl/N-ethyl adjacent to an activating group) is 1. The normalized spacial score (nSPS) is 35.0. The maximum absolute atomic E-state index is 6.00. The molecule has 0 spiro atoms. The zero-order chi connectivity index (χ0) is 8.55. The van der Waals surface area contributed by atoms with Crippen LogP contribution in [0.3, 0.4) is 0 Å². The topological polar surface area (TPSA) is 32.5 Å². The van der Waals surface area contributed by atoms with Gasteiger partial charge in [0.1, 0.15) is 0 Å². The van der Waals surface area contributed by atoms with Crippen molar-refractivity contribution in [1.82, 2.24) is 9.80 Å². The van der Waals surface area contributed by atoms with E-state index >= 15 is 0 Å². The summed E-state index contributed by atoms with van der Waals surface area (Å²) < 4.78 is 0. The predicted molar refractivity (Wildman–Crippen MR) is 50.1 cm³/mol. The minimum Gasteiger partial charge on any atom is -0.325 e. The zero-order valence-electron chi connectivity index (χ0n) is 7.87. The Bertz CT molecular complexity index is 156. The number of hydrogen-bond donors (Lipinski definition) is 1. The molecular weight excluding hydrogens is 150 g/mol. The van der Waals surface area contributed by atoms with E-state index in [0.717, 1.165) is 19.1 Å². The molecule has 2 fully saturated rings. The summed E-state index contributed by atoms with van der Waals surface area (Å²) in [5, 5.41) is 0. The molecule has 0 unspecified atom stereocenters. The fraction of sp³-hybridized carbons (Fsp3) is 1.00. The molecule has 3 nitrogen and oxygen atoms in total. The molecule has 0 aromatic heterocycles. The van der Waals surface area contributed by atoms with E-state index in [9.17, 15) is 0 Å². The SMILES string of the molecule is CN1CCN(C2CC2)C[C@H](N)C1. The second kappa shape index (κ2) is 3.32. The van der Waals surface area contributed by atoms with E-state index in [2.05, 4.69) is 16.8 Å². The van der Waals surface area contributed by atoms with Gasteiger partial charge < -0.3 is 10.6 Å². The fourth-order valence-corrected chi connectivity index (χ4v) is 2.01. The van der Waals surface area contributed by atoms with Gasteiger partial charge >= 0.3 is 0 Å². The standard InChI is InChI=1S/C9H19N3/c1-11-4-5-12(9-2-3-9)7-8(10)6-11/h8-9H,2-7,10H2,1H3/t8-/m1/s1. The summed E-state index contributed by atoms with van der Waals surface area (Å²) in [6, 6.07) is 1.24. The average Bonchev–Trinajstić information content (AvgIpc) is 2.76. The predicted octanol–water partition coefficient (Wildman–Crippen LogP) is -0.276. The van der Waals surface area contributed by atoms with Crippen molar-refractivity contribution in [2.24, 2.45) is 5.73 Å². The molecule has 3 heteroatoms. The van der Waals surface area contributed by atoms with Crippen LogP contribution in [0.25, 0.3) is 0 Å². The number of rotatable bonds is 1. The maximum atomic E-state index is 6.00. The molecule has 1 heterocycles. The van der Waals surface area contributed by atoms with Gasteiger partial charge in [0.15, 0.2) is 0 Å². The van der Waals surface area contributed by atoms with Gasteiger partial charge in [-0.25, -0.2) is 0 Å². The molecule has 1 aliphatic heterocycles. The van der Waals surface area contributed by atoms with Crippen LogP contribution in [0, 0.1) is 0 Å². The highest BCUT2D eigenvalue weighted by atomic mass is 15.3. The Morgan fingerprint density at radius 1 is 1.17 bits per heavy atom. The Labute approximate surface area is 74.5 Å². The molecule has 1 saturated heterocycles. The van der Waals surface area contributed by atoms with Crippen molar-refractivity contribution in [1.29, 1.82) is 0 Å². The van der Waals surface area contributed by atoms with Crippen LogP contribution in [0.1, 0.15) is 12.8 Å². The molecule has 1 saturated carbocycles. The number of hydrogen-bond acceptors (Lipinski definition) is 3. The largest absolute Gasteiger partial charge is 0.325 e. The minimum absolute atomic E-state index is 0.359. The van der Waals surface area contributed by atoms with Crippen LogP contribution in [0.5, 0.6) is 0 Å². The van der Waals surface area contributed by atoms with E-state index in [1.165, 1.54) is 25.9 Å². The van der Waals surface area contributed by atoms with E-state index in [1.54, 1.807) is 0 Å². The molecule has 0 bridgehead atoms. The first-order valence-corrected chi connectivity index (χ1v) is 4.94. The molecule has 2 aliphatic rings. The van der Waals surface area contributed by atoms with Crippen molar-refractivity contribution in [3.63, 3.8) is 0 Å². The Kier molecular flexibility index (Phi) is 2.35. The third-order valence-electron chi connectivity index (χ3n) is 2.85. The lowest BCUT2D eigenvalue weighted by Gasteiger charge is -2.20. The van der Waals surface area contributed by atoms with Crippen LogP contribution in [0.4, 0.5) is 0 Å². The highest BCUT2D eigenvalue weighted by molar-refractivity contribution is 4.88. The third kappa shape index (κ3) is 1.97. The summed E-state index contributed by atoms with van der Waals surface area (Å²) in [6.07, 6.45) is 2.80. The minimum atomic E-state index is 0.359. The van der Waals surface area contributed by atoms with Gasteiger partial charge in [-0.3, -0.25) is 4.90 Å². The molecular formula is C9H19N3. The average molecular weight is 169 g/mol. The monoisotopic (exact) mass is 169 g/mol. The van der Waals surface area contributed by atoms with Gasteiger partial charge in [0.25, 0.3) is 0 Å². The molecule has 1 aliphatic carbocycles. The van der Waals surface area contributed by atoms with Gasteiger partial charge in [-0.05, 0) is 19.9 Å². The lowest BCUT2D eigenvalue weighted by atomic mass is 10.3. The summed E-state index contributed by atoms with van der Waals surface area (Å²) in [5.41, 5.74) is 6.00. The van der Waals surface area contributed by atoms with Crippen molar-refractivity contribution in [2.45, 2.75) is 24.9 Å². The fourth-order valence-electron chi connectivity index (χ4n) is 2.01. The van der Waals surface area contributed by atoms with Crippen LogP contribution >= 0.6 is 0 Å². The first-order valence-electron chi connectivity index (χ1n) is 4.94. The van der Waals surface area contributed by atoms with Crippen LogP contribution < -0.4 is 5.73 Å². The van der Waals surface area contributed by atoms with Crippen LogP contribution in [0.15, 0.2) is 0 Å². The summed E-state index contributed by atoms with van der Waals surface area (Å²) in [6.45, 7) is 4.57. The van der Waals surface area contributed by atoms with E-state index in [-0.39, 0.29) is 0 Å². The summed E-state index contributed by atoms with van der Waals surface area (Å²) in [5.74, 6) is 0. The highest BCUT2D eigenvalue weighted by Gasteiger charge is 2.31. The molecule has 0 aromatic rings. The quantitative estimate of drug-likeness (QED) is 0.586. The molecule has 2 N–H and O–H groups in total. The van der Waals surface area contributed by atoms with E-state index < -0.39 is 0 Å². The Balaban J connectivity index is 1.89.